The minimum atomic E-state index is -0.250. The molecule has 1 aliphatic heterocycles. The van der Waals surface area contributed by atoms with E-state index in [4.69, 9.17) is 4.74 Å². The minimum Gasteiger partial charge on any atom is -0.390 e. The fraction of sp³-hybridized carbons (Fsp3) is 1.00. The highest BCUT2D eigenvalue weighted by molar-refractivity contribution is 4.94. The van der Waals surface area contributed by atoms with Gasteiger partial charge < -0.3 is 15.2 Å². The van der Waals surface area contributed by atoms with Crippen LogP contribution in [0.5, 0.6) is 0 Å². The summed E-state index contributed by atoms with van der Waals surface area (Å²) in [7, 11) is 0. The summed E-state index contributed by atoms with van der Waals surface area (Å²) in [4.78, 5) is 2.29. The van der Waals surface area contributed by atoms with Crippen LogP contribution in [0.2, 0.25) is 0 Å². The average Bonchev–Trinajstić information content (AvgIpc) is 3.11. The molecular weight excluding hydrogens is 228 g/mol. The molecule has 1 heterocycles. The lowest BCUT2D eigenvalue weighted by Gasteiger charge is -2.28. The third-order valence-electron chi connectivity index (χ3n) is 4.19. The maximum absolute atomic E-state index is 10.0. The van der Waals surface area contributed by atoms with E-state index in [1.807, 2.05) is 0 Å². The second-order valence-electron chi connectivity index (χ2n) is 5.95. The number of hydrogen-bond acceptors (Lipinski definition) is 4. The van der Waals surface area contributed by atoms with Gasteiger partial charge in [-0.15, -0.1) is 0 Å². The number of nitrogens with one attached hydrogen (secondary N) is 1. The van der Waals surface area contributed by atoms with Crippen LogP contribution in [-0.2, 0) is 4.74 Å². The molecule has 1 atom stereocenters. The smallest absolute Gasteiger partial charge is 0.0791 e. The molecule has 1 saturated heterocycles. The molecule has 18 heavy (non-hydrogen) atoms. The maximum atomic E-state index is 10.0. The molecule has 2 N–H and O–H groups in total. The molecule has 0 aromatic carbocycles. The van der Waals surface area contributed by atoms with Crippen molar-refractivity contribution in [3.05, 3.63) is 0 Å². The second-order valence-corrected chi connectivity index (χ2v) is 5.95. The first-order valence-electron chi connectivity index (χ1n) is 7.43. The number of aliphatic hydroxyl groups is 1. The molecule has 106 valence electrons. The predicted octanol–water partition coefficient (Wildman–Crippen LogP) is 0.849. The summed E-state index contributed by atoms with van der Waals surface area (Å²) in [6, 6.07) is 0. The van der Waals surface area contributed by atoms with Gasteiger partial charge in [-0.2, -0.15) is 0 Å². The van der Waals surface area contributed by atoms with Crippen molar-refractivity contribution in [1.82, 2.24) is 10.2 Å². The molecule has 1 saturated carbocycles. The summed E-state index contributed by atoms with van der Waals surface area (Å²) in [6.07, 6.45) is 5.10. The summed E-state index contributed by atoms with van der Waals surface area (Å²) in [5.74, 6) is 0. The summed E-state index contributed by atoms with van der Waals surface area (Å²) >= 11 is 0. The van der Waals surface area contributed by atoms with E-state index in [1.54, 1.807) is 0 Å². The van der Waals surface area contributed by atoms with E-state index in [0.29, 0.717) is 5.41 Å². The third kappa shape index (κ3) is 4.50. The van der Waals surface area contributed by atoms with Gasteiger partial charge in [-0.1, -0.05) is 13.3 Å². The van der Waals surface area contributed by atoms with Crippen molar-refractivity contribution in [3.8, 4) is 0 Å². The number of rotatable bonds is 8. The largest absolute Gasteiger partial charge is 0.390 e. The SMILES string of the molecule is CCCC1(CNCC(O)CN2CCOCC2)CC1. The Hall–Kier alpha value is -0.160. The molecule has 0 bridgehead atoms. The zero-order valence-corrected chi connectivity index (χ0v) is 11.7. The molecule has 2 rings (SSSR count). The van der Waals surface area contributed by atoms with Crippen LogP contribution in [-0.4, -0.2) is 62.0 Å². The Morgan fingerprint density at radius 2 is 2.06 bits per heavy atom. The third-order valence-corrected chi connectivity index (χ3v) is 4.19. The van der Waals surface area contributed by atoms with Crippen molar-refractivity contribution in [2.24, 2.45) is 5.41 Å². The molecule has 0 aromatic heterocycles. The average molecular weight is 256 g/mol. The van der Waals surface area contributed by atoms with Crippen LogP contribution >= 0.6 is 0 Å². The first kappa shape index (κ1) is 14.3. The van der Waals surface area contributed by atoms with Gasteiger partial charge in [0.1, 0.15) is 0 Å². The molecule has 0 radical (unpaired) electrons. The lowest BCUT2D eigenvalue weighted by molar-refractivity contribution is 0.0147. The zero-order valence-electron chi connectivity index (χ0n) is 11.7. The first-order valence-corrected chi connectivity index (χ1v) is 7.43. The van der Waals surface area contributed by atoms with E-state index in [2.05, 4.69) is 17.1 Å². The zero-order chi connectivity index (χ0) is 12.8. The van der Waals surface area contributed by atoms with Crippen LogP contribution in [0.15, 0.2) is 0 Å². The topological polar surface area (TPSA) is 44.7 Å². The summed E-state index contributed by atoms with van der Waals surface area (Å²) in [5.41, 5.74) is 0.577. The van der Waals surface area contributed by atoms with Gasteiger partial charge >= 0.3 is 0 Å². The summed E-state index contributed by atoms with van der Waals surface area (Å²) in [5, 5.41) is 13.5. The van der Waals surface area contributed by atoms with Gasteiger partial charge in [-0.25, -0.2) is 0 Å². The van der Waals surface area contributed by atoms with E-state index in [1.165, 1.54) is 25.7 Å². The monoisotopic (exact) mass is 256 g/mol. The fourth-order valence-corrected chi connectivity index (χ4v) is 2.87. The first-order chi connectivity index (χ1) is 8.74. The minimum absolute atomic E-state index is 0.250. The Morgan fingerprint density at radius 3 is 2.67 bits per heavy atom. The molecule has 2 aliphatic rings. The lowest BCUT2D eigenvalue weighted by atomic mass is 10.0. The fourth-order valence-electron chi connectivity index (χ4n) is 2.87. The van der Waals surface area contributed by atoms with Gasteiger partial charge in [0.05, 0.1) is 19.3 Å². The number of ether oxygens (including phenoxy) is 1. The van der Waals surface area contributed by atoms with Gasteiger partial charge in [0.2, 0.25) is 0 Å². The maximum Gasteiger partial charge on any atom is 0.0791 e. The van der Waals surface area contributed by atoms with Crippen molar-refractivity contribution < 1.29 is 9.84 Å². The normalized spacial score (nSPS) is 25.0. The quantitative estimate of drug-likeness (QED) is 0.676. The van der Waals surface area contributed by atoms with Crippen LogP contribution < -0.4 is 5.32 Å². The van der Waals surface area contributed by atoms with Gasteiger partial charge in [0.25, 0.3) is 0 Å². The molecule has 2 fully saturated rings. The van der Waals surface area contributed by atoms with Crippen molar-refractivity contribution in [2.75, 3.05) is 45.9 Å². The number of aliphatic hydroxyl groups excluding tert-OH is 1. The van der Waals surface area contributed by atoms with E-state index < -0.39 is 0 Å². The van der Waals surface area contributed by atoms with Crippen LogP contribution in [0.4, 0.5) is 0 Å². The second kappa shape index (κ2) is 6.85. The van der Waals surface area contributed by atoms with E-state index >= 15 is 0 Å². The lowest BCUT2D eigenvalue weighted by Crippen LogP contribution is -2.44. The molecular formula is C14H28N2O2. The Kier molecular flexibility index (Phi) is 5.42. The highest BCUT2D eigenvalue weighted by atomic mass is 16.5. The molecule has 0 aromatic rings. The number of hydrogen-bond donors (Lipinski definition) is 2. The van der Waals surface area contributed by atoms with Crippen LogP contribution in [0.3, 0.4) is 0 Å². The number of nitrogens with zero attached hydrogens (tertiary/aromatic N) is 1. The standard InChI is InChI=1S/C14H28N2O2/c1-2-3-14(4-5-14)12-15-10-13(17)11-16-6-8-18-9-7-16/h13,15,17H,2-12H2,1H3. The van der Waals surface area contributed by atoms with Crippen molar-refractivity contribution in [1.29, 1.82) is 0 Å². The van der Waals surface area contributed by atoms with Crippen molar-refractivity contribution >= 4 is 0 Å². The number of morpholine rings is 1. The summed E-state index contributed by atoms with van der Waals surface area (Å²) in [6.45, 7) is 8.36. The Balaban J connectivity index is 1.55. The van der Waals surface area contributed by atoms with Crippen LogP contribution in [0.25, 0.3) is 0 Å². The van der Waals surface area contributed by atoms with E-state index in [9.17, 15) is 5.11 Å². The molecule has 1 aliphatic carbocycles. The highest BCUT2D eigenvalue weighted by Crippen LogP contribution is 2.48. The van der Waals surface area contributed by atoms with Crippen molar-refractivity contribution in [3.63, 3.8) is 0 Å². The van der Waals surface area contributed by atoms with E-state index in [0.717, 1.165) is 45.9 Å². The Morgan fingerprint density at radius 1 is 1.33 bits per heavy atom. The predicted molar refractivity (Wildman–Crippen MR) is 72.7 cm³/mol. The van der Waals surface area contributed by atoms with E-state index in [-0.39, 0.29) is 6.10 Å². The Labute approximate surface area is 111 Å². The molecule has 4 nitrogen and oxygen atoms in total. The number of β-amino-alcohol motifs (C(OH)–C–C–N with tert-alkyl or cyclic N) is 1. The van der Waals surface area contributed by atoms with Gasteiger partial charge in [0.15, 0.2) is 0 Å². The Bertz CT molecular complexity index is 238. The van der Waals surface area contributed by atoms with Gasteiger partial charge in [-0.3, -0.25) is 4.90 Å². The molecule has 0 amide bonds. The molecule has 0 spiro atoms. The van der Waals surface area contributed by atoms with Gasteiger partial charge in [-0.05, 0) is 24.7 Å². The molecule has 1 unspecified atom stereocenters. The van der Waals surface area contributed by atoms with Crippen LogP contribution in [0.1, 0.15) is 32.6 Å². The molecule has 4 heteroatoms. The van der Waals surface area contributed by atoms with Gasteiger partial charge in [0, 0.05) is 32.7 Å². The van der Waals surface area contributed by atoms with Crippen molar-refractivity contribution in [2.45, 2.75) is 38.7 Å². The highest BCUT2D eigenvalue weighted by Gasteiger charge is 2.40. The summed E-state index contributed by atoms with van der Waals surface area (Å²) < 4.78 is 5.30. The van der Waals surface area contributed by atoms with Crippen LogP contribution in [0, 0.1) is 5.41 Å².